The molecule has 0 saturated heterocycles. The number of anilines is 1. The third-order valence-corrected chi connectivity index (χ3v) is 3.76. The Morgan fingerprint density at radius 1 is 1.33 bits per heavy atom. The summed E-state index contributed by atoms with van der Waals surface area (Å²) in [5.41, 5.74) is 0.918. The van der Waals surface area contributed by atoms with E-state index in [1.165, 1.54) is 6.33 Å². The Morgan fingerprint density at radius 3 is 2.89 bits per heavy atom. The smallest absolute Gasteiger partial charge is 0.137 e. The van der Waals surface area contributed by atoms with Gasteiger partial charge in [-0.25, -0.2) is 9.97 Å². The third kappa shape index (κ3) is 2.13. The number of aliphatic hydroxyl groups excluding tert-OH is 1. The van der Waals surface area contributed by atoms with Gasteiger partial charge in [-0.2, -0.15) is 0 Å². The molecule has 0 radical (unpaired) electrons. The molecule has 0 amide bonds. The number of aliphatic hydroxyl groups is 1. The van der Waals surface area contributed by atoms with Crippen molar-refractivity contribution >= 4 is 28.3 Å². The van der Waals surface area contributed by atoms with Crippen molar-refractivity contribution in [1.29, 1.82) is 0 Å². The summed E-state index contributed by atoms with van der Waals surface area (Å²) in [6.07, 6.45) is 3.68. The van der Waals surface area contributed by atoms with Crippen LogP contribution in [0.2, 0.25) is 5.02 Å². The highest BCUT2D eigenvalue weighted by atomic mass is 35.5. The quantitative estimate of drug-likeness (QED) is 0.890. The number of nitrogens with one attached hydrogen (secondary N) is 1. The van der Waals surface area contributed by atoms with Crippen LogP contribution in [0.1, 0.15) is 12.8 Å². The summed E-state index contributed by atoms with van der Waals surface area (Å²) in [6.45, 7) is 0.964. The van der Waals surface area contributed by atoms with Crippen molar-refractivity contribution in [3.63, 3.8) is 0 Å². The number of rotatable bonds is 4. The first kappa shape index (κ1) is 11.7. The van der Waals surface area contributed by atoms with Gasteiger partial charge in [-0.3, -0.25) is 0 Å². The van der Waals surface area contributed by atoms with Crippen LogP contribution in [0.25, 0.3) is 10.9 Å². The normalized spacial score (nSPS) is 16.8. The summed E-state index contributed by atoms with van der Waals surface area (Å²) in [5.74, 6) is 0.780. The molecule has 0 spiro atoms. The van der Waals surface area contributed by atoms with E-state index in [4.69, 9.17) is 11.6 Å². The van der Waals surface area contributed by atoms with E-state index in [2.05, 4.69) is 15.3 Å². The lowest BCUT2D eigenvalue weighted by molar-refractivity contribution is 0.219. The molecule has 94 valence electrons. The molecule has 1 saturated carbocycles. The van der Waals surface area contributed by atoms with Crippen molar-refractivity contribution in [2.24, 2.45) is 5.41 Å². The Balaban J connectivity index is 1.89. The molecule has 1 aromatic carbocycles. The molecule has 5 heteroatoms. The third-order valence-electron chi connectivity index (χ3n) is 3.52. The monoisotopic (exact) mass is 263 g/mol. The van der Waals surface area contributed by atoms with Crippen LogP contribution >= 0.6 is 11.6 Å². The second kappa shape index (κ2) is 4.37. The summed E-state index contributed by atoms with van der Waals surface area (Å²) < 4.78 is 0. The summed E-state index contributed by atoms with van der Waals surface area (Å²) >= 11 is 6.00. The molecule has 18 heavy (non-hydrogen) atoms. The fraction of sp³-hybridized carbons (Fsp3) is 0.385. The highest BCUT2D eigenvalue weighted by Crippen LogP contribution is 2.45. The fourth-order valence-electron chi connectivity index (χ4n) is 2.01. The highest BCUT2D eigenvalue weighted by Gasteiger charge is 2.41. The predicted octanol–water partition coefficient (Wildman–Crippen LogP) is 2.47. The Bertz CT molecular complexity index is 583. The number of aromatic nitrogens is 2. The van der Waals surface area contributed by atoms with Gasteiger partial charge in [0, 0.05) is 22.4 Å². The fourth-order valence-corrected chi connectivity index (χ4v) is 2.18. The molecular weight excluding hydrogens is 250 g/mol. The van der Waals surface area contributed by atoms with E-state index >= 15 is 0 Å². The van der Waals surface area contributed by atoms with Gasteiger partial charge >= 0.3 is 0 Å². The maximum absolute atomic E-state index is 9.30. The van der Waals surface area contributed by atoms with Gasteiger partial charge in [0.1, 0.15) is 12.1 Å². The zero-order chi connectivity index (χ0) is 12.6. The first-order valence-electron chi connectivity index (χ1n) is 5.97. The van der Waals surface area contributed by atoms with E-state index in [0.29, 0.717) is 5.02 Å². The van der Waals surface area contributed by atoms with Gasteiger partial charge in [0.25, 0.3) is 0 Å². The van der Waals surface area contributed by atoms with Gasteiger partial charge in [-0.1, -0.05) is 11.6 Å². The molecule has 1 aliphatic carbocycles. The van der Waals surface area contributed by atoms with Crippen LogP contribution in [0.4, 0.5) is 5.82 Å². The number of hydrogen-bond acceptors (Lipinski definition) is 4. The van der Waals surface area contributed by atoms with Crippen molar-refractivity contribution in [2.75, 3.05) is 18.5 Å². The topological polar surface area (TPSA) is 58.0 Å². The summed E-state index contributed by atoms with van der Waals surface area (Å²) in [5, 5.41) is 14.2. The van der Waals surface area contributed by atoms with Gasteiger partial charge in [0.15, 0.2) is 0 Å². The highest BCUT2D eigenvalue weighted by molar-refractivity contribution is 6.31. The van der Waals surface area contributed by atoms with Crippen molar-refractivity contribution in [2.45, 2.75) is 12.8 Å². The first-order chi connectivity index (χ1) is 8.72. The van der Waals surface area contributed by atoms with Crippen LogP contribution in [-0.2, 0) is 0 Å². The van der Waals surface area contributed by atoms with Gasteiger partial charge in [-0.15, -0.1) is 0 Å². The minimum absolute atomic E-state index is 0.0514. The molecule has 1 fully saturated rings. The van der Waals surface area contributed by atoms with Crippen LogP contribution in [0.15, 0.2) is 24.5 Å². The molecule has 2 aromatic rings. The first-order valence-corrected chi connectivity index (χ1v) is 6.35. The summed E-state index contributed by atoms with van der Waals surface area (Å²) in [6, 6.07) is 5.55. The lowest BCUT2D eigenvalue weighted by Gasteiger charge is -2.14. The average molecular weight is 264 g/mol. The molecular formula is C13H14ClN3O. The van der Waals surface area contributed by atoms with Gasteiger partial charge in [0.05, 0.1) is 12.1 Å². The Hall–Kier alpha value is -1.39. The van der Waals surface area contributed by atoms with Crippen LogP contribution in [0.5, 0.6) is 0 Å². The second-order valence-electron chi connectivity index (χ2n) is 4.90. The van der Waals surface area contributed by atoms with E-state index in [9.17, 15) is 5.11 Å². The number of fused-ring (bicyclic) bond motifs is 1. The molecule has 0 bridgehead atoms. The van der Waals surface area contributed by atoms with Crippen LogP contribution in [0, 0.1) is 5.41 Å². The van der Waals surface area contributed by atoms with Crippen molar-refractivity contribution in [3.05, 3.63) is 29.5 Å². The van der Waals surface area contributed by atoms with Crippen molar-refractivity contribution in [3.8, 4) is 0 Å². The molecule has 4 nitrogen and oxygen atoms in total. The van der Waals surface area contributed by atoms with E-state index in [-0.39, 0.29) is 12.0 Å². The zero-order valence-electron chi connectivity index (χ0n) is 9.86. The SMILES string of the molecule is OCC1(CNc2ncnc3ccc(Cl)cc23)CC1. The minimum Gasteiger partial charge on any atom is -0.396 e. The molecule has 1 heterocycles. The molecule has 3 rings (SSSR count). The van der Waals surface area contributed by atoms with Gasteiger partial charge < -0.3 is 10.4 Å². The van der Waals surface area contributed by atoms with Crippen molar-refractivity contribution < 1.29 is 5.11 Å². The lowest BCUT2D eigenvalue weighted by Crippen LogP contribution is -2.19. The van der Waals surface area contributed by atoms with E-state index in [0.717, 1.165) is 36.1 Å². The summed E-state index contributed by atoms with van der Waals surface area (Å²) in [7, 11) is 0. The van der Waals surface area contributed by atoms with E-state index in [1.54, 1.807) is 0 Å². The number of halogens is 1. The second-order valence-corrected chi connectivity index (χ2v) is 5.33. The average Bonchev–Trinajstić information content (AvgIpc) is 3.17. The van der Waals surface area contributed by atoms with Crippen LogP contribution < -0.4 is 5.32 Å². The Morgan fingerprint density at radius 2 is 2.17 bits per heavy atom. The number of nitrogens with zero attached hydrogens (tertiary/aromatic N) is 2. The molecule has 1 aliphatic rings. The number of hydrogen-bond donors (Lipinski definition) is 2. The van der Waals surface area contributed by atoms with Crippen molar-refractivity contribution in [1.82, 2.24) is 9.97 Å². The van der Waals surface area contributed by atoms with Crippen LogP contribution in [0.3, 0.4) is 0 Å². The van der Waals surface area contributed by atoms with Crippen LogP contribution in [-0.4, -0.2) is 28.2 Å². The molecule has 0 aliphatic heterocycles. The Labute approximate surface area is 110 Å². The largest absolute Gasteiger partial charge is 0.396 e. The molecule has 1 aromatic heterocycles. The van der Waals surface area contributed by atoms with E-state index in [1.807, 2.05) is 18.2 Å². The van der Waals surface area contributed by atoms with E-state index < -0.39 is 0 Å². The van der Waals surface area contributed by atoms with Gasteiger partial charge in [-0.05, 0) is 31.0 Å². The minimum atomic E-state index is 0.0514. The maximum Gasteiger partial charge on any atom is 0.137 e. The maximum atomic E-state index is 9.30. The molecule has 0 unspecified atom stereocenters. The lowest BCUT2D eigenvalue weighted by atomic mass is 10.1. The molecule has 2 N–H and O–H groups in total. The Kier molecular flexibility index (Phi) is 2.84. The number of benzene rings is 1. The standard InChI is InChI=1S/C13H14ClN3O/c14-9-1-2-11-10(5-9)12(17-8-16-11)15-6-13(7-18)3-4-13/h1-2,5,8,18H,3-4,6-7H2,(H,15,16,17). The molecule has 0 atom stereocenters. The predicted molar refractivity (Wildman–Crippen MR) is 71.8 cm³/mol. The zero-order valence-corrected chi connectivity index (χ0v) is 10.6. The van der Waals surface area contributed by atoms with Gasteiger partial charge in [0.2, 0.25) is 0 Å². The summed E-state index contributed by atoms with van der Waals surface area (Å²) in [4.78, 5) is 8.45.